The molecule has 4 nitrogen and oxygen atoms in total. The Bertz CT molecular complexity index is 289. The number of nitrogens with zero attached hydrogens (tertiary/aromatic N) is 1. The lowest BCUT2D eigenvalue weighted by molar-refractivity contribution is -0.0670. The lowest BCUT2D eigenvalue weighted by Crippen LogP contribution is -2.43. The fraction of sp³-hybridized carbons (Fsp3) is 1.00. The van der Waals surface area contributed by atoms with Gasteiger partial charge in [0.1, 0.15) is 0 Å². The van der Waals surface area contributed by atoms with Gasteiger partial charge >= 0.3 is 0 Å². The molecule has 118 valence electrons. The summed E-state index contributed by atoms with van der Waals surface area (Å²) in [5.74, 6) is 0.722. The summed E-state index contributed by atoms with van der Waals surface area (Å²) in [6.07, 6.45) is 3.46. The molecule has 0 spiro atoms. The third-order valence-electron chi connectivity index (χ3n) is 4.44. The molecule has 4 heteroatoms. The minimum absolute atomic E-state index is 0.313. The first kappa shape index (κ1) is 16.2. The summed E-state index contributed by atoms with van der Waals surface area (Å²) in [6.45, 7) is 11.5. The minimum Gasteiger partial charge on any atom is -0.389 e. The largest absolute Gasteiger partial charge is 0.389 e. The van der Waals surface area contributed by atoms with Crippen LogP contribution in [-0.4, -0.2) is 61.7 Å². The monoisotopic (exact) mass is 285 g/mol. The van der Waals surface area contributed by atoms with E-state index in [2.05, 4.69) is 25.7 Å². The zero-order chi connectivity index (χ0) is 14.6. The molecule has 1 heterocycles. The van der Waals surface area contributed by atoms with Crippen LogP contribution in [0.25, 0.3) is 0 Å². The van der Waals surface area contributed by atoms with Crippen molar-refractivity contribution in [2.75, 3.05) is 39.5 Å². The van der Waals surface area contributed by atoms with Gasteiger partial charge in [0, 0.05) is 19.6 Å². The van der Waals surface area contributed by atoms with Crippen molar-refractivity contribution >= 4 is 0 Å². The van der Waals surface area contributed by atoms with Gasteiger partial charge in [-0.3, -0.25) is 4.90 Å². The number of aliphatic hydroxyl groups is 1. The van der Waals surface area contributed by atoms with Gasteiger partial charge in [0.15, 0.2) is 0 Å². The van der Waals surface area contributed by atoms with Crippen LogP contribution in [0.15, 0.2) is 0 Å². The third kappa shape index (κ3) is 5.32. The summed E-state index contributed by atoms with van der Waals surface area (Å²) >= 11 is 0. The Morgan fingerprint density at radius 2 is 2.00 bits per heavy atom. The first-order chi connectivity index (χ1) is 9.44. The zero-order valence-electron chi connectivity index (χ0n) is 13.3. The molecule has 1 saturated carbocycles. The van der Waals surface area contributed by atoms with Crippen molar-refractivity contribution in [3.05, 3.63) is 0 Å². The summed E-state index contributed by atoms with van der Waals surface area (Å²) in [5, 5.41) is 10.1. The predicted molar refractivity (Wildman–Crippen MR) is 79.8 cm³/mol. The van der Waals surface area contributed by atoms with Gasteiger partial charge in [-0.25, -0.2) is 0 Å². The molecule has 0 unspecified atom stereocenters. The van der Waals surface area contributed by atoms with Crippen LogP contribution in [0.1, 0.15) is 40.0 Å². The van der Waals surface area contributed by atoms with E-state index in [9.17, 15) is 5.11 Å². The molecule has 20 heavy (non-hydrogen) atoms. The van der Waals surface area contributed by atoms with Crippen LogP contribution < -0.4 is 0 Å². The lowest BCUT2D eigenvalue weighted by Gasteiger charge is -2.39. The lowest BCUT2D eigenvalue weighted by atomic mass is 9.71. The number of rotatable bonds is 5. The second-order valence-corrected chi connectivity index (χ2v) is 7.44. The van der Waals surface area contributed by atoms with Gasteiger partial charge in [0.05, 0.1) is 32.0 Å². The van der Waals surface area contributed by atoms with E-state index >= 15 is 0 Å². The molecule has 3 atom stereocenters. The molecule has 2 aliphatic rings. The average molecular weight is 285 g/mol. The summed E-state index contributed by atoms with van der Waals surface area (Å²) in [6, 6.07) is 0. The highest BCUT2D eigenvalue weighted by atomic mass is 16.5. The molecular weight excluding hydrogens is 254 g/mol. The molecule has 0 aromatic rings. The normalized spacial score (nSPS) is 33.0. The Morgan fingerprint density at radius 1 is 1.30 bits per heavy atom. The van der Waals surface area contributed by atoms with Crippen LogP contribution in [0.3, 0.4) is 0 Å². The molecule has 0 radical (unpaired) electrons. The van der Waals surface area contributed by atoms with Gasteiger partial charge in [-0.05, 0) is 30.6 Å². The predicted octanol–water partition coefficient (Wildman–Crippen LogP) is 1.91. The second kappa shape index (κ2) is 7.21. The average Bonchev–Trinajstić information content (AvgIpc) is 2.35. The maximum Gasteiger partial charge on any atom is 0.0900 e. The van der Waals surface area contributed by atoms with E-state index < -0.39 is 0 Å². The maximum atomic E-state index is 10.1. The Hall–Kier alpha value is -0.160. The van der Waals surface area contributed by atoms with Gasteiger partial charge in [-0.2, -0.15) is 0 Å². The quantitative estimate of drug-likeness (QED) is 0.838. The molecule has 0 bridgehead atoms. The highest BCUT2D eigenvalue weighted by Crippen LogP contribution is 2.39. The van der Waals surface area contributed by atoms with Crippen LogP contribution >= 0.6 is 0 Å². The van der Waals surface area contributed by atoms with Crippen molar-refractivity contribution < 1.29 is 14.6 Å². The standard InChI is InChI=1S/C16H31NO3/c1-13-8-15(10-16(2,3)9-13)20-12-14(18)11-17-4-6-19-7-5-17/h13-15,18H,4-12H2,1-3H3/t13-,14+,15+/m0/s1. The maximum absolute atomic E-state index is 10.1. The Labute approximate surface area is 123 Å². The first-order valence-corrected chi connectivity index (χ1v) is 8.04. The molecule has 0 aromatic heterocycles. The van der Waals surface area contributed by atoms with E-state index in [0.717, 1.165) is 45.1 Å². The second-order valence-electron chi connectivity index (χ2n) is 7.44. The molecular formula is C16H31NO3. The molecule has 1 saturated heterocycles. The van der Waals surface area contributed by atoms with Crippen molar-refractivity contribution in [1.29, 1.82) is 0 Å². The summed E-state index contributed by atoms with van der Waals surface area (Å²) < 4.78 is 11.3. The summed E-state index contributed by atoms with van der Waals surface area (Å²) in [4.78, 5) is 2.25. The molecule has 1 N–H and O–H groups in total. The van der Waals surface area contributed by atoms with Crippen LogP contribution in [0, 0.1) is 11.3 Å². The highest BCUT2D eigenvalue weighted by molar-refractivity contribution is 4.83. The van der Waals surface area contributed by atoms with Gasteiger partial charge in [0.25, 0.3) is 0 Å². The number of ether oxygens (including phenoxy) is 2. The number of hydrogen-bond acceptors (Lipinski definition) is 4. The molecule has 2 rings (SSSR count). The van der Waals surface area contributed by atoms with Crippen LogP contribution in [0.2, 0.25) is 0 Å². The molecule has 0 amide bonds. The molecule has 0 aromatic carbocycles. The van der Waals surface area contributed by atoms with Crippen molar-refractivity contribution in [1.82, 2.24) is 4.90 Å². The van der Waals surface area contributed by atoms with Crippen LogP contribution in [0.4, 0.5) is 0 Å². The molecule has 1 aliphatic heterocycles. The van der Waals surface area contributed by atoms with E-state index in [1.807, 2.05) is 0 Å². The number of morpholine rings is 1. The Balaban J connectivity index is 1.68. The number of hydrogen-bond donors (Lipinski definition) is 1. The smallest absolute Gasteiger partial charge is 0.0900 e. The van der Waals surface area contributed by atoms with E-state index in [1.54, 1.807) is 0 Å². The zero-order valence-corrected chi connectivity index (χ0v) is 13.3. The van der Waals surface area contributed by atoms with E-state index in [4.69, 9.17) is 9.47 Å². The minimum atomic E-state index is -0.381. The highest BCUT2D eigenvalue weighted by Gasteiger charge is 2.32. The number of β-amino-alcohol motifs (C(OH)–C–C–N with tert-alkyl or cyclic N) is 1. The van der Waals surface area contributed by atoms with Crippen molar-refractivity contribution in [3.63, 3.8) is 0 Å². The van der Waals surface area contributed by atoms with Gasteiger partial charge in [-0.1, -0.05) is 20.8 Å². The van der Waals surface area contributed by atoms with E-state index in [0.29, 0.717) is 24.7 Å². The fourth-order valence-electron chi connectivity index (χ4n) is 3.77. The van der Waals surface area contributed by atoms with Crippen molar-refractivity contribution in [2.24, 2.45) is 11.3 Å². The van der Waals surface area contributed by atoms with E-state index in [-0.39, 0.29) is 6.10 Å². The van der Waals surface area contributed by atoms with Crippen molar-refractivity contribution in [2.45, 2.75) is 52.2 Å². The fourth-order valence-corrected chi connectivity index (χ4v) is 3.77. The topological polar surface area (TPSA) is 41.9 Å². The molecule has 1 aliphatic carbocycles. The van der Waals surface area contributed by atoms with Crippen LogP contribution in [0.5, 0.6) is 0 Å². The van der Waals surface area contributed by atoms with Crippen LogP contribution in [-0.2, 0) is 9.47 Å². The van der Waals surface area contributed by atoms with Crippen molar-refractivity contribution in [3.8, 4) is 0 Å². The Morgan fingerprint density at radius 3 is 2.65 bits per heavy atom. The van der Waals surface area contributed by atoms with E-state index in [1.165, 1.54) is 6.42 Å². The Kier molecular flexibility index (Phi) is 5.84. The molecule has 2 fully saturated rings. The first-order valence-electron chi connectivity index (χ1n) is 8.04. The summed E-state index contributed by atoms with van der Waals surface area (Å²) in [7, 11) is 0. The van der Waals surface area contributed by atoms with Gasteiger partial charge in [-0.15, -0.1) is 0 Å². The van der Waals surface area contributed by atoms with Gasteiger partial charge in [0.2, 0.25) is 0 Å². The third-order valence-corrected chi connectivity index (χ3v) is 4.44. The van der Waals surface area contributed by atoms with Gasteiger partial charge < -0.3 is 14.6 Å². The number of aliphatic hydroxyl groups excluding tert-OH is 1. The SMILES string of the molecule is C[C@H]1C[C@@H](OC[C@H](O)CN2CCOCC2)CC(C)(C)C1. The summed E-state index contributed by atoms with van der Waals surface area (Å²) in [5.41, 5.74) is 0.373.